The molecule has 1 fully saturated rings. The number of nitrogens with zero attached hydrogens (tertiary/aromatic N) is 2. The molecule has 0 bridgehead atoms. The van der Waals surface area contributed by atoms with Gasteiger partial charge in [0.1, 0.15) is 23.4 Å². The van der Waals surface area contributed by atoms with Crippen molar-refractivity contribution < 1.29 is 14.3 Å². The summed E-state index contributed by atoms with van der Waals surface area (Å²) in [6, 6.07) is 16.3. The average Bonchev–Trinajstić information content (AvgIpc) is 2.79. The molecule has 1 spiro atoms. The quantitative estimate of drug-likeness (QED) is 0.713. The van der Waals surface area contributed by atoms with Crippen LogP contribution in [0.5, 0.6) is 11.5 Å². The Hall–Kier alpha value is -2.84. The van der Waals surface area contributed by atoms with Crippen LogP contribution in [0.25, 0.3) is 0 Å². The lowest BCUT2D eigenvalue weighted by atomic mass is 9.83. The first-order valence-electron chi connectivity index (χ1n) is 10.6. The van der Waals surface area contributed by atoms with Crippen LogP contribution in [-0.4, -0.2) is 43.5 Å². The second-order valence-corrected chi connectivity index (χ2v) is 7.89. The van der Waals surface area contributed by atoms with E-state index in [1.807, 2.05) is 18.2 Å². The maximum atomic E-state index is 8.89. The zero-order valence-electron chi connectivity index (χ0n) is 17.9. The number of aldehydes is 1. The number of piperidine rings is 1. The van der Waals surface area contributed by atoms with Crippen molar-refractivity contribution in [2.24, 2.45) is 0 Å². The first-order chi connectivity index (χ1) is 14.6. The molecule has 0 atom stereocenters. The molecule has 2 aliphatic heterocycles. The number of likely N-dealkylation sites (tertiary alicyclic amines) is 1. The number of nitriles is 1. The van der Waals surface area contributed by atoms with Gasteiger partial charge in [0.2, 0.25) is 0 Å². The number of carbonyl (C=O) groups is 1. The minimum Gasteiger partial charge on any atom is -0.497 e. The van der Waals surface area contributed by atoms with E-state index in [4.69, 9.17) is 19.5 Å². The Kier molecular flexibility index (Phi) is 7.48. The molecule has 2 aromatic carbocycles. The normalized spacial score (nSPS) is 17.0. The fraction of sp³-hybridized carbons (Fsp3) is 0.440. The summed E-state index contributed by atoms with van der Waals surface area (Å²) in [7, 11) is 1.71. The zero-order valence-corrected chi connectivity index (χ0v) is 17.9. The van der Waals surface area contributed by atoms with Gasteiger partial charge < -0.3 is 19.2 Å². The van der Waals surface area contributed by atoms with E-state index in [0.717, 1.165) is 75.1 Å². The zero-order chi connectivity index (χ0) is 21.4. The van der Waals surface area contributed by atoms with E-state index in [9.17, 15) is 0 Å². The van der Waals surface area contributed by atoms with Crippen LogP contribution in [0.4, 0.5) is 0 Å². The molecule has 0 saturated carbocycles. The standard InChI is InChI=1S/C23H26N2O2.C2H4O/c1-26-21-6-7-22-20(16-21)8-10-23(27-22)11-14-25(15-12-23)13-9-18-2-4-19(17-24)5-3-18;1-2-3/h2-7,16H,8-15H2,1H3;2H,1H3. The van der Waals surface area contributed by atoms with Crippen LogP contribution in [0.3, 0.4) is 0 Å². The Bertz CT molecular complexity index is 878. The van der Waals surface area contributed by atoms with Crippen molar-refractivity contribution in [3.63, 3.8) is 0 Å². The molecule has 0 unspecified atom stereocenters. The van der Waals surface area contributed by atoms with Crippen molar-refractivity contribution in [1.29, 1.82) is 5.26 Å². The van der Waals surface area contributed by atoms with Crippen LogP contribution in [0.2, 0.25) is 0 Å². The van der Waals surface area contributed by atoms with Gasteiger partial charge in [0, 0.05) is 19.6 Å². The van der Waals surface area contributed by atoms with Crippen LogP contribution < -0.4 is 9.47 Å². The first kappa shape index (κ1) is 21.9. The number of carbonyl (C=O) groups excluding carboxylic acids is 1. The van der Waals surface area contributed by atoms with Gasteiger partial charge in [-0.25, -0.2) is 0 Å². The van der Waals surface area contributed by atoms with Crippen LogP contribution in [0, 0.1) is 11.3 Å². The van der Waals surface area contributed by atoms with Gasteiger partial charge >= 0.3 is 0 Å². The third kappa shape index (κ3) is 5.40. The van der Waals surface area contributed by atoms with Crippen LogP contribution in [0.15, 0.2) is 42.5 Å². The Morgan fingerprint density at radius 2 is 1.87 bits per heavy atom. The summed E-state index contributed by atoms with van der Waals surface area (Å²) in [4.78, 5) is 11.3. The van der Waals surface area contributed by atoms with Gasteiger partial charge in [-0.05, 0) is 80.5 Å². The predicted molar refractivity (Wildman–Crippen MR) is 117 cm³/mol. The third-order valence-corrected chi connectivity index (χ3v) is 6.01. The minimum atomic E-state index is 0.00648. The van der Waals surface area contributed by atoms with Crippen molar-refractivity contribution in [1.82, 2.24) is 4.90 Å². The van der Waals surface area contributed by atoms with Gasteiger partial charge in [0.25, 0.3) is 0 Å². The highest BCUT2D eigenvalue weighted by molar-refractivity contribution is 5.44. The fourth-order valence-electron chi connectivity index (χ4n) is 4.19. The summed E-state index contributed by atoms with van der Waals surface area (Å²) in [5.74, 6) is 1.94. The second kappa shape index (κ2) is 10.3. The van der Waals surface area contributed by atoms with E-state index >= 15 is 0 Å². The highest BCUT2D eigenvalue weighted by Crippen LogP contribution is 2.40. The van der Waals surface area contributed by atoms with Gasteiger partial charge in [-0.15, -0.1) is 0 Å². The Labute approximate surface area is 179 Å². The van der Waals surface area contributed by atoms with Crippen molar-refractivity contribution in [3.8, 4) is 17.6 Å². The Morgan fingerprint density at radius 3 is 2.50 bits per heavy atom. The monoisotopic (exact) mass is 406 g/mol. The molecule has 0 radical (unpaired) electrons. The molecule has 158 valence electrons. The first-order valence-corrected chi connectivity index (χ1v) is 10.6. The van der Waals surface area contributed by atoms with Gasteiger partial charge in [0.15, 0.2) is 0 Å². The Balaban J connectivity index is 0.000000806. The predicted octanol–water partition coefficient (Wildman–Crippen LogP) is 4.17. The number of hydrogen-bond acceptors (Lipinski definition) is 5. The molecule has 4 rings (SSSR count). The SMILES string of the molecule is CC=O.COc1ccc2c(c1)CCC1(CCN(CCc3ccc(C#N)cc3)CC1)O2. The molecule has 5 heteroatoms. The number of benzene rings is 2. The van der Waals surface area contributed by atoms with Crippen LogP contribution in [0.1, 0.15) is 42.9 Å². The highest BCUT2D eigenvalue weighted by Gasteiger charge is 2.39. The Morgan fingerprint density at radius 1 is 1.17 bits per heavy atom. The lowest BCUT2D eigenvalue weighted by Crippen LogP contribution is -2.50. The van der Waals surface area contributed by atoms with Crippen LogP contribution >= 0.6 is 0 Å². The minimum absolute atomic E-state index is 0.00648. The number of rotatable bonds is 4. The van der Waals surface area contributed by atoms with E-state index in [0.29, 0.717) is 0 Å². The average molecular weight is 407 g/mol. The summed E-state index contributed by atoms with van der Waals surface area (Å²) in [6.07, 6.45) is 6.12. The topological polar surface area (TPSA) is 62.6 Å². The van der Waals surface area contributed by atoms with Gasteiger partial charge in [-0.2, -0.15) is 5.26 Å². The lowest BCUT2D eigenvalue weighted by Gasteiger charge is -2.44. The molecule has 2 aromatic rings. The molecule has 30 heavy (non-hydrogen) atoms. The van der Waals surface area contributed by atoms with E-state index in [-0.39, 0.29) is 5.60 Å². The largest absolute Gasteiger partial charge is 0.497 e. The van der Waals surface area contributed by atoms with E-state index in [1.165, 1.54) is 18.1 Å². The van der Waals surface area contributed by atoms with Crippen LogP contribution in [-0.2, 0) is 17.6 Å². The molecule has 2 aliphatic rings. The van der Waals surface area contributed by atoms with Gasteiger partial charge in [-0.3, -0.25) is 0 Å². The number of aryl methyl sites for hydroxylation is 1. The summed E-state index contributed by atoms with van der Waals surface area (Å²) in [5.41, 5.74) is 3.30. The lowest BCUT2D eigenvalue weighted by molar-refractivity contribution is -0.106. The maximum Gasteiger partial charge on any atom is 0.123 e. The molecule has 0 aliphatic carbocycles. The van der Waals surface area contributed by atoms with Crippen molar-refractivity contribution >= 4 is 6.29 Å². The van der Waals surface area contributed by atoms with Gasteiger partial charge in [-0.1, -0.05) is 12.1 Å². The molecule has 2 heterocycles. The summed E-state index contributed by atoms with van der Waals surface area (Å²) in [5, 5.41) is 8.89. The van der Waals surface area contributed by atoms with E-state index in [2.05, 4.69) is 35.2 Å². The van der Waals surface area contributed by atoms with Crippen molar-refractivity contribution in [2.45, 2.75) is 44.6 Å². The molecule has 5 nitrogen and oxygen atoms in total. The van der Waals surface area contributed by atoms with E-state index < -0.39 is 0 Å². The number of ether oxygens (including phenoxy) is 2. The molecule has 0 amide bonds. The van der Waals surface area contributed by atoms with Gasteiger partial charge in [0.05, 0.1) is 18.7 Å². The van der Waals surface area contributed by atoms with E-state index in [1.54, 1.807) is 7.11 Å². The highest BCUT2D eigenvalue weighted by atomic mass is 16.5. The summed E-state index contributed by atoms with van der Waals surface area (Å²) in [6.45, 7) is 4.68. The number of methoxy groups -OCH3 is 1. The summed E-state index contributed by atoms with van der Waals surface area (Å²) < 4.78 is 11.8. The second-order valence-electron chi connectivity index (χ2n) is 7.89. The maximum absolute atomic E-state index is 8.89. The van der Waals surface area contributed by atoms with Crippen molar-refractivity contribution in [3.05, 3.63) is 59.2 Å². The molecule has 0 aromatic heterocycles. The molecule has 1 saturated heterocycles. The fourth-order valence-corrected chi connectivity index (χ4v) is 4.19. The molecular formula is C25H30N2O3. The van der Waals surface area contributed by atoms with Crippen molar-refractivity contribution in [2.75, 3.05) is 26.7 Å². The number of hydrogen-bond donors (Lipinski definition) is 0. The molecule has 0 N–H and O–H groups in total. The third-order valence-electron chi connectivity index (χ3n) is 6.01. The molecular weight excluding hydrogens is 376 g/mol. The summed E-state index contributed by atoms with van der Waals surface area (Å²) >= 11 is 0. The number of fused-ring (bicyclic) bond motifs is 1. The smallest absolute Gasteiger partial charge is 0.123 e.